The molecule has 1 amide bonds. The van der Waals surface area contributed by atoms with Gasteiger partial charge in [0.25, 0.3) is 5.91 Å². The Labute approximate surface area is 130 Å². The van der Waals surface area contributed by atoms with Crippen LogP contribution in [0.5, 0.6) is 0 Å². The number of sulfonamides is 1. The van der Waals surface area contributed by atoms with Gasteiger partial charge in [-0.2, -0.15) is 4.31 Å². The van der Waals surface area contributed by atoms with Crippen molar-refractivity contribution in [2.75, 3.05) is 32.5 Å². The van der Waals surface area contributed by atoms with Crippen molar-refractivity contribution >= 4 is 15.9 Å². The molecule has 8 heteroatoms. The van der Waals surface area contributed by atoms with Crippen molar-refractivity contribution < 1.29 is 17.9 Å². The number of carbonyl (C=O) groups is 1. The summed E-state index contributed by atoms with van der Waals surface area (Å²) in [6.07, 6.45) is 3.45. The topological polar surface area (TPSA) is 88.6 Å². The highest BCUT2D eigenvalue weighted by Crippen LogP contribution is 2.19. The van der Waals surface area contributed by atoms with Crippen LogP contribution in [0.25, 0.3) is 0 Å². The zero-order chi connectivity index (χ0) is 16.2. The predicted octanol–water partition coefficient (Wildman–Crippen LogP) is -0.209. The molecule has 1 aromatic heterocycles. The van der Waals surface area contributed by atoms with E-state index in [0.29, 0.717) is 13.0 Å². The summed E-state index contributed by atoms with van der Waals surface area (Å²) < 4.78 is 30.0. The van der Waals surface area contributed by atoms with Gasteiger partial charge >= 0.3 is 0 Å². The van der Waals surface area contributed by atoms with E-state index in [2.05, 4.69) is 10.3 Å². The summed E-state index contributed by atoms with van der Waals surface area (Å²) in [5, 5.41) is 2.79. The lowest BCUT2D eigenvalue weighted by atomic mass is 10.0. The summed E-state index contributed by atoms with van der Waals surface area (Å²) >= 11 is 0. The molecule has 1 aromatic rings. The van der Waals surface area contributed by atoms with E-state index in [1.807, 2.05) is 18.2 Å². The SMILES string of the molecule is CC1(C(=O)NCCc2ccccn2)CN(S(C)(=O)=O)CCO1. The number of carbonyl (C=O) groups excluding carboxylic acids is 1. The average molecular weight is 327 g/mol. The maximum absolute atomic E-state index is 12.3. The molecule has 1 unspecified atom stereocenters. The Morgan fingerprint density at radius 1 is 1.50 bits per heavy atom. The highest BCUT2D eigenvalue weighted by Gasteiger charge is 2.41. The van der Waals surface area contributed by atoms with Crippen molar-refractivity contribution in [1.29, 1.82) is 0 Å². The molecule has 1 atom stereocenters. The van der Waals surface area contributed by atoms with Crippen molar-refractivity contribution in [3.05, 3.63) is 30.1 Å². The lowest BCUT2D eigenvalue weighted by Gasteiger charge is -2.37. The number of hydrogen-bond acceptors (Lipinski definition) is 5. The molecule has 0 saturated carbocycles. The first-order valence-electron chi connectivity index (χ1n) is 7.08. The third-order valence-corrected chi connectivity index (χ3v) is 4.83. The predicted molar refractivity (Wildman–Crippen MR) is 81.7 cm³/mol. The molecule has 1 fully saturated rings. The Hall–Kier alpha value is -1.51. The average Bonchev–Trinajstić information content (AvgIpc) is 2.47. The van der Waals surface area contributed by atoms with E-state index < -0.39 is 15.6 Å². The van der Waals surface area contributed by atoms with E-state index in [4.69, 9.17) is 4.74 Å². The number of rotatable bonds is 5. The van der Waals surface area contributed by atoms with Gasteiger partial charge in [-0.05, 0) is 19.1 Å². The van der Waals surface area contributed by atoms with E-state index in [1.165, 1.54) is 4.31 Å². The fraction of sp³-hybridized carbons (Fsp3) is 0.571. The number of aromatic nitrogens is 1. The number of ether oxygens (including phenoxy) is 1. The maximum atomic E-state index is 12.3. The van der Waals surface area contributed by atoms with E-state index in [0.717, 1.165) is 11.9 Å². The molecule has 0 bridgehead atoms. The van der Waals surface area contributed by atoms with Crippen LogP contribution >= 0.6 is 0 Å². The van der Waals surface area contributed by atoms with Crippen molar-refractivity contribution in [2.24, 2.45) is 0 Å². The summed E-state index contributed by atoms with van der Waals surface area (Å²) in [6.45, 7) is 2.54. The molecule has 0 aliphatic carbocycles. The summed E-state index contributed by atoms with van der Waals surface area (Å²) in [5.74, 6) is -0.309. The quantitative estimate of drug-likeness (QED) is 0.808. The van der Waals surface area contributed by atoms with Crippen molar-refractivity contribution in [3.8, 4) is 0 Å². The highest BCUT2D eigenvalue weighted by atomic mass is 32.2. The van der Waals surface area contributed by atoms with Gasteiger partial charge in [0, 0.05) is 31.4 Å². The second-order valence-corrected chi connectivity index (χ2v) is 7.49. The normalized spacial score (nSPS) is 23.2. The van der Waals surface area contributed by atoms with Gasteiger partial charge in [-0.3, -0.25) is 9.78 Å². The lowest BCUT2D eigenvalue weighted by molar-refractivity contribution is -0.152. The van der Waals surface area contributed by atoms with Gasteiger partial charge < -0.3 is 10.1 Å². The van der Waals surface area contributed by atoms with Crippen LogP contribution in [0.15, 0.2) is 24.4 Å². The second-order valence-electron chi connectivity index (χ2n) is 5.50. The minimum atomic E-state index is -3.33. The van der Waals surface area contributed by atoms with E-state index >= 15 is 0 Å². The Balaban J connectivity index is 1.90. The van der Waals surface area contributed by atoms with Crippen LogP contribution < -0.4 is 5.32 Å². The van der Waals surface area contributed by atoms with E-state index in [-0.39, 0.29) is 25.6 Å². The molecule has 7 nitrogen and oxygen atoms in total. The fourth-order valence-electron chi connectivity index (χ4n) is 2.29. The summed E-state index contributed by atoms with van der Waals surface area (Å²) in [6, 6.07) is 5.61. The molecule has 1 aliphatic heterocycles. The van der Waals surface area contributed by atoms with Gasteiger partial charge in [-0.25, -0.2) is 8.42 Å². The minimum Gasteiger partial charge on any atom is -0.363 e. The first-order valence-corrected chi connectivity index (χ1v) is 8.93. The van der Waals surface area contributed by atoms with E-state index in [1.54, 1.807) is 13.1 Å². The number of hydrogen-bond donors (Lipinski definition) is 1. The highest BCUT2D eigenvalue weighted by molar-refractivity contribution is 7.88. The molecule has 1 saturated heterocycles. The van der Waals surface area contributed by atoms with Gasteiger partial charge in [0.1, 0.15) is 0 Å². The molecule has 2 rings (SSSR count). The smallest absolute Gasteiger partial charge is 0.253 e. The number of nitrogens with zero attached hydrogens (tertiary/aromatic N) is 2. The number of nitrogens with one attached hydrogen (secondary N) is 1. The zero-order valence-corrected chi connectivity index (χ0v) is 13.6. The van der Waals surface area contributed by atoms with Crippen molar-refractivity contribution in [1.82, 2.24) is 14.6 Å². The Morgan fingerprint density at radius 2 is 2.27 bits per heavy atom. The van der Waals surface area contributed by atoms with Gasteiger partial charge in [0.2, 0.25) is 10.0 Å². The van der Waals surface area contributed by atoms with Crippen LogP contribution in [0.2, 0.25) is 0 Å². The van der Waals surface area contributed by atoms with Crippen LogP contribution in [0.3, 0.4) is 0 Å². The molecule has 1 aliphatic rings. The summed E-state index contributed by atoms with van der Waals surface area (Å²) in [4.78, 5) is 16.5. The van der Waals surface area contributed by atoms with Gasteiger partial charge in [-0.15, -0.1) is 0 Å². The van der Waals surface area contributed by atoms with Gasteiger partial charge in [0.05, 0.1) is 19.4 Å². The zero-order valence-electron chi connectivity index (χ0n) is 12.8. The van der Waals surface area contributed by atoms with Crippen LogP contribution in [-0.2, 0) is 26.0 Å². The fourth-order valence-corrected chi connectivity index (χ4v) is 3.18. The van der Waals surface area contributed by atoms with Crippen molar-refractivity contribution in [2.45, 2.75) is 18.9 Å². The minimum absolute atomic E-state index is 0.0290. The summed E-state index contributed by atoms with van der Waals surface area (Å²) in [7, 11) is -3.33. The maximum Gasteiger partial charge on any atom is 0.253 e. The number of pyridine rings is 1. The number of amides is 1. The molecule has 0 radical (unpaired) electrons. The molecule has 22 heavy (non-hydrogen) atoms. The molecule has 1 N–H and O–H groups in total. The van der Waals surface area contributed by atoms with Gasteiger partial charge in [-0.1, -0.05) is 6.07 Å². The molecular formula is C14H21N3O4S. The molecule has 0 spiro atoms. The molecule has 2 heterocycles. The van der Waals surface area contributed by atoms with Crippen LogP contribution in [0, 0.1) is 0 Å². The third kappa shape index (κ3) is 4.25. The largest absolute Gasteiger partial charge is 0.363 e. The third-order valence-electron chi connectivity index (χ3n) is 3.58. The van der Waals surface area contributed by atoms with Crippen molar-refractivity contribution in [3.63, 3.8) is 0 Å². The van der Waals surface area contributed by atoms with Crippen LogP contribution in [0.4, 0.5) is 0 Å². The molecular weight excluding hydrogens is 306 g/mol. The Morgan fingerprint density at radius 3 is 2.91 bits per heavy atom. The summed E-state index contributed by atoms with van der Waals surface area (Å²) in [5.41, 5.74) is -0.277. The van der Waals surface area contributed by atoms with E-state index in [9.17, 15) is 13.2 Å². The van der Waals surface area contributed by atoms with Crippen LogP contribution in [0.1, 0.15) is 12.6 Å². The Kier molecular flexibility index (Phi) is 5.15. The molecule has 122 valence electrons. The lowest BCUT2D eigenvalue weighted by Crippen LogP contribution is -2.59. The van der Waals surface area contributed by atoms with Crippen LogP contribution in [-0.4, -0.2) is 61.7 Å². The molecule has 0 aromatic carbocycles. The Bertz CT molecular complexity index is 620. The second kappa shape index (κ2) is 6.72. The monoisotopic (exact) mass is 327 g/mol. The van der Waals surface area contributed by atoms with Gasteiger partial charge in [0.15, 0.2) is 5.60 Å². The first kappa shape index (κ1) is 16.9. The number of morpholine rings is 1. The standard InChI is InChI=1S/C14H21N3O4S/c1-14(11-17(9-10-21-14)22(2,19)20)13(18)16-8-6-12-5-3-4-7-15-12/h3-5,7H,6,8-11H2,1-2H3,(H,16,18). The first-order chi connectivity index (χ1) is 10.3.